The molecular weight excluding hydrogens is 297 g/mol. The minimum Gasteiger partial charge on any atom is -0.409 e. The number of halogens is 2. The molecule has 0 aliphatic carbocycles. The van der Waals surface area contributed by atoms with Crippen molar-refractivity contribution in [3.05, 3.63) is 63.6 Å². The number of oxime groups is 1. The summed E-state index contributed by atoms with van der Waals surface area (Å²) in [6.45, 7) is 0.454. The molecule has 104 valence electrons. The van der Waals surface area contributed by atoms with Gasteiger partial charge in [-0.25, -0.2) is 0 Å². The van der Waals surface area contributed by atoms with Crippen LogP contribution in [0, 0.1) is 0 Å². The minimum atomic E-state index is 0.0626. The SMILES string of the molecule is NC(=NO)c1ccccc1CNc1c(Cl)cccc1Cl. The van der Waals surface area contributed by atoms with Gasteiger partial charge in [0.05, 0.1) is 15.7 Å². The second-order valence-electron chi connectivity index (χ2n) is 4.09. The van der Waals surface area contributed by atoms with E-state index in [2.05, 4.69) is 10.5 Å². The van der Waals surface area contributed by atoms with Crippen molar-refractivity contribution in [1.82, 2.24) is 0 Å². The number of hydrogen-bond acceptors (Lipinski definition) is 3. The molecule has 0 aliphatic rings. The lowest BCUT2D eigenvalue weighted by Crippen LogP contribution is -2.16. The molecule has 0 bridgehead atoms. The summed E-state index contributed by atoms with van der Waals surface area (Å²) >= 11 is 12.2. The molecule has 20 heavy (non-hydrogen) atoms. The summed E-state index contributed by atoms with van der Waals surface area (Å²) in [6.07, 6.45) is 0. The molecule has 0 saturated carbocycles. The van der Waals surface area contributed by atoms with E-state index in [1.807, 2.05) is 18.2 Å². The van der Waals surface area contributed by atoms with E-state index in [0.717, 1.165) is 5.56 Å². The number of nitrogens with zero attached hydrogens (tertiary/aromatic N) is 1. The van der Waals surface area contributed by atoms with Crippen LogP contribution in [0.3, 0.4) is 0 Å². The van der Waals surface area contributed by atoms with Crippen LogP contribution >= 0.6 is 23.2 Å². The Balaban J connectivity index is 2.24. The molecule has 2 rings (SSSR count). The summed E-state index contributed by atoms with van der Waals surface area (Å²) in [5.41, 5.74) is 7.83. The zero-order chi connectivity index (χ0) is 14.5. The Morgan fingerprint density at radius 1 is 1.10 bits per heavy atom. The van der Waals surface area contributed by atoms with Crippen molar-refractivity contribution in [3.63, 3.8) is 0 Å². The van der Waals surface area contributed by atoms with Gasteiger partial charge in [0.1, 0.15) is 0 Å². The fraction of sp³-hybridized carbons (Fsp3) is 0.0714. The van der Waals surface area contributed by atoms with Crippen molar-refractivity contribution in [2.45, 2.75) is 6.54 Å². The molecule has 0 fully saturated rings. The van der Waals surface area contributed by atoms with Crippen LogP contribution in [0.25, 0.3) is 0 Å². The lowest BCUT2D eigenvalue weighted by atomic mass is 10.1. The molecule has 2 aromatic rings. The summed E-state index contributed by atoms with van der Waals surface area (Å²) in [7, 11) is 0. The van der Waals surface area contributed by atoms with Crippen molar-refractivity contribution >= 4 is 34.7 Å². The van der Waals surface area contributed by atoms with Crippen molar-refractivity contribution in [2.75, 3.05) is 5.32 Å². The second-order valence-corrected chi connectivity index (χ2v) is 4.91. The Labute approximate surface area is 126 Å². The van der Waals surface area contributed by atoms with Gasteiger partial charge in [-0.05, 0) is 17.7 Å². The molecule has 0 spiro atoms. The van der Waals surface area contributed by atoms with E-state index in [-0.39, 0.29) is 5.84 Å². The van der Waals surface area contributed by atoms with Crippen LogP contribution in [-0.4, -0.2) is 11.0 Å². The predicted molar refractivity (Wildman–Crippen MR) is 82.7 cm³/mol. The first-order chi connectivity index (χ1) is 9.63. The van der Waals surface area contributed by atoms with Crippen LogP contribution in [0.4, 0.5) is 5.69 Å². The summed E-state index contributed by atoms with van der Waals surface area (Å²) in [6, 6.07) is 12.6. The summed E-state index contributed by atoms with van der Waals surface area (Å²) in [5.74, 6) is 0.0626. The van der Waals surface area contributed by atoms with Gasteiger partial charge in [-0.1, -0.05) is 58.7 Å². The van der Waals surface area contributed by atoms with Crippen LogP contribution in [0.15, 0.2) is 47.6 Å². The summed E-state index contributed by atoms with van der Waals surface area (Å²) < 4.78 is 0. The van der Waals surface area contributed by atoms with Crippen molar-refractivity contribution < 1.29 is 5.21 Å². The number of benzene rings is 2. The van der Waals surface area contributed by atoms with Crippen LogP contribution < -0.4 is 11.1 Å². The third kappa shape index (κ3) is 3.15. The van der Waals surface area contributed by atoms with Gasteiger partial charge in [0.15, 0.2) is 5.84 Å². The monoisotopic (exact) mass is 309 g/mol. The largest absolute Gasteiger partial charge is 0.409 e. The van der Waals surface area contributed by atoms with E-state index < -0.39 is 0 Å². The lowest BCUT2D eigenvalue weighted by Gasteiger charge is -2.12. The van der Waals surface area contributed by atoms with E-state index >= 15 is 0 Å². The molecule has 0 aromatic heterocycles. The van der Waals surface area contributed by atoms with Gasteiger partial charge in [-0.2, -0.15) is 0 Å². The highest BCUT2D eigenvalue weighted by Crippen LogP contribution is 2.30. The highest BCUT2D eigenvalue weighted by atomic mass is 35.5. The van der Waals surface area contributed by atoms with Crippen molar-refractivity contribution in [3.8, 4) is 0 Å². The molecule has 0 atom stereocenters. The number of hydrogen-bond donors (Lipinski definition) is 3. The smallest absolute Gasteiger partial charge is 0.170 e. The van der Waals surface area contributed by atoms with Gasteiger partial charge in [-0.3, -0.25) is 0 Å². The highest BCUT2D eigenvalue weighted by molar-refractivity contribution is 6.39. The third-order valence-electron chi connectivity index (χ3n) is 2.82. The fourth-order valence-electron chi connectivity index (χ4n) is 1.83. The maximum absolute atomic E-state index is 8.79. The number of nitrogens with one attached hydrogen (secondary N) is 1. The molecule has 4 N–H and O–H groups in total. The molecule has 6 heteroatoms. The zero-order valence-corrected chi connectivity index (χ0v) is 12.0. The van der Waals surface area contributed by atoms with E-state index in [9.17, 15) is 0 Å². The summed E-state index contributed by atoms with van der Waals surface area (Å²) in [5, 5.41) is 16.1. The molecular formula is C14H13Cl2N3O. The Morgan fingerprint density at radius 3 is 2.40 bits per heavy atom. The van der Waals surface area contributed by atoms with E-state index in [0.29, 0.717) is 27.8 Å². The summed E-state index contributed by atoms with van der Waals surface area (Å²) in [4.78, 5) is 0. The number of para-hydroxylation sites is 1. The van der Waals surface area contributed by atoms with Crippen LogP contribution in [-0.2, 0) is 6.54 Å². The maximum Gasteiger partial charge on any atom is 0.170 e. The third-order valence-corrected chi connectivity index (χ3v) is 3.45. The quantitative estimate of drug-likeness (QED) is 0.349. The van der Waals surface area contributed by atoms with Crippen LogP contribution in [0.1, 0.15) is 11.1 Å². The Kier molecular flexibility index (Phi) is 4.71. The normalized spacial score (nSPS) is 11.4. The van der Waals surface area contributed by atoms with Gasteiger partial charge >= 0.3 is 0 Å². The maximum atomic E-state index is 8.79. The average Bonchev–Trinajstić information content (AvgIpc) is 2.46. The zero-order valence-electron chi connectivity index (χ0n) is 10.5. The number of amidine groups is 1. The Hall–Kier alpha value is -1.91. The molecule has 0 amide bonds. The first-order valence-electron chi connectivity index (χ1n) is 5.87. The molecule has 0 aliphatic heterocycles. The molecule has 4 nitrogen and oxygen atoms in total. The molecule has 2 aromatic carbocycles. The van der Waals surface area contributed by atoms with Crippen molar-refractivity contribution in [2.24, 2.45) is 10.9 Å². The molecule has 0 heterocycles. The van der Waals surface area contributed by atoms with Gasteiger partial charge in [0.25, 0.3) is 0 Å². The highest BCUT2D eigenvalue weighted by Gasteiger charge is 2.08. The number of anilines is 1. The van der Waals surface area contributed by atoms with Crippen molar-refractivity contribution in [1.29, 1.82) is 0 Å². The van der Waals surface area contributed by atoms with Crippen LogP contribution in [0.5, 0.6) is 0 Å². The first-order valence-corrected chi connectivity index (χ1v) is 6.62. The van der Waals surface area contributed by atoms with E-state index in [4.69, 9.17) is 34.1 Å². The van der Waals surface area contributed by atoms with Gasteiger partial charge in [0.2, 0.25) is 0 Å². The Morgan fingerprint density at radius 2 is 1.75 bits per heavy atom. The lowest BCUT2D eigenvalue weighted by molar-refractivity contribution is 0.318. The average molecular weight is 310 g/mol. The molecule has 0 radical (unpaired) electrons. The second kappa shape index (κ2) is 6.50. The van der Waals surface area contributed by atoms with Crippen LogP contribution in [0.2, 0.25) is 10.0 Å². The Bertz CT molecular complexity index is 624. The van der Waals surface area contributed by atoms with Gasteiger partial charge < -0.3 is 16.3 Å². The topological polar surface area (TPSA) is 70.6 Å². The fourth-order valence-corrected chi connectivity index (χ4v) is 2.36. The van der Waals surface area contributed by atoms with E-state index in [1.165, 1.54) is 0 Å². The number of nitrogens with two attached hydrogens (primary N) is 1. The predicted octanol–water partition coefficient (Wildman–Crippen LogP) is 3.70. The van der Waals surface area contributed by atoms with E-state index in [1.54, 1.807) is 24.3 Å². The number of rotatable bonds is 4. The molecule has 0 saturated heterocycles. The van der Waals surface area contributed by atoms with Gasteiger partial charge in [0, 0.05) is 12.1 Å². The molecule has 0 unspecified atom stereocenters. The minimum absolute atomic E-state index is 0.0626. The standard InChI is InChI=1S/C14H13Cl2N3O/c15-11-6-3-7-12(16)13(11)18-8-9-4-1-2-5-10(9)14(17)19-20/h1-7,18,20H,8H2,(H2,17,19). The first kappa shape index (κ1) is 14.5. The van der Waals surface area contributed by atoms with Gasteiger partial charge in [-0.15, -0.1) is 0 Å².